The highest BCUT2D eigenvalue weighted by Gasteiger charge is 2.33. The molecule has 2 aliphatic rings. The fraction of sp³-hybridized carbons (Fsp3) is 0.933. The van der Waals surface area contributed by atoms with Gasteiger partial charge in [-0.05, 0) is 38.3 Å². The number of hydrogen-bond donors (Lipinski definition) is 1. The van der Waals surface area contributed by atoms with E-state index >= 15 is 0 Å². The Kier molecular flexibility index (Phi) is 4.85. The summed E-state index contributed by atoms with van der Waals surface area (Å²) in [5.74, 6) is 0.916. The third kappa shape index (κ3) is 3.48. The topological polar surface area (TPSA) is 49.6 Å². The van der Waals surface area contributed by atoms with E-state index in [1.165, 1.54) is 0 Å². The molecule has 2 rings (SSSR count). The van der Waals surface area contributed by atoms with Gasteiger partial charge in [0.15, 0.2) is 0 Å². The van der Waals surface area contributed by atoms with Gasteiger partial charge in [-0.2, -0.15) is 0 Å². The molecule has 2 unspecified atom stereocenters. The van der Waals surface area contributed by atoms with Crippen LogP contribution in [0.4, 0.5) is 0 Å². The standard InChI is InChI=1S/C15H29N3O/c1-11(2)12(3)15(19)18-9-6-14(10-18)17-7-4-13(16)5-8-17/h11-14H,4-10,16H2,1-3H3. The van der Waals surface area contributed by atoms with Crippen molar-refractivity contribution in [2.45, 2.75) is 52.1 Å². The second-order valence-corrected chi connectivity index (χ2v) is 6.63. The fourth-order valence-corrected chi connectivity index (χ4v) is 3.10. The maximum atomic E-state index is 12.4. The van der Waals surface area contributed by atoms with Crippen LogP contribution in [0.5, 0.6) is 0 Å². The van der Waals surface area contributed by atoms with Gasteiger partial charge in [-0.3, -0.25) is 9.69 Å². The molecule has 2 atom stereocenters. The Morgan fingerprint density at radius 2 is 1.74 bits per heavy atom. The molecule has 110 valence electrons. The van der Waals surface area contributed by atoms with E-state index in [2.05, 4.69) is 30.6 Å². The van der Waals surface area contributed by atoms with E-state index in [0.29, 0.717) is 23.9 Å². The Hall–Kier alpha value is -0.610. The predicted molar refractivity (Wildman–Crippen MR) is 77.8 cm³/mol. The van der Waals surface area contributed by atoms with Crippen molar-refractivity contribution in [2.24, 2.45) is 17.6 Å². The Labute approximate surface area is 117 Å². The van der Waals surface area contributed by atoms with Crippen LogP contribution < -0.4 is 5.73 Å². The quantitative estimate of drug-likeness (QED) is 0.838. The molecule has 19 heavy (non-hydrogen) atoms. The van der Waals surface area contributed by atoms with Crippen LogP contribution in [0.15, 0.2) is 0 Å². The van der Waals surface area contributed by atoms with Crippen molar-refractivity contribution in [3.05, 3.63) is 0 Å². The lowest BCUT2D eigenvalue weighted by Gasteiger charge is -2.34. The first-order valence-electron chi connectivity index (χ1n) is 7.77. The Morgan fingerprint density at radius 3 is 2.32 bits per heavy atom. The minimum Gasteiger partial charge on any atom is -0.341 e. The molecule has 0 aromatic heterocycles. The molecule has 0 aromatic carbocycles. The molecule has 4 nitrogen and oxygen atoms in total. The second-order valence-electron chi connectivity index (χ2n) is 6.63. The average molecular weight is 267 g/mol. The van der Waals surface area contributed by atoms with Crippen LogP contribution in [0.2, 0.25) is 0 Å². The summed E-state index contributed by atoms with van der Waals surface area (Å²) in [6, 6.07) is 0.951. The highest BCUT2D eigenvalue weighted by atomic mass is 16.2. The van der Waals surface area contributed by atoms with Crippen LogP contribution in [0, 0.1) is 11.8 Å². The molecule has 0 radical (unpaired) electrons. The maximum absolute atomic E-state index is 12.4. The van der Waals surface area contributed by atoms with Gasteiger partial charge in [0.1, 0.15) is 0 Å². The lowest BCUT2D eigenvalue weighted by atomic mass is 9.97. The van der Waals surface area contributed by atoms with E-state index in [1.54, 1.807) is 0 Å². The molecule has 0 aliphatic carbocycles. The number of nitrogens with zero attached hydrogens (tertiary/aromatic N) is 2. The molecule has 2 fully saturated rings. The van der Waals surface area contributed by atoms with E-state index in [0.717, 1.165) is 45.4 Å². The molecule has 2 saturated heterocycles. The highest BCUT2D eigenvalue weighted by molar-refractivity contribution is 5.79. The maximum Gasteiger partial charge on any atom is 0.225 e. The van der Waals surface area contributed by atoms with Gasteiger partial charge in [0.25, 0.3) is 0 Å². The van der Waals surface area contributed by atoms with Gasteiger partial charge in [-0.1, -0.05) is 20.8 Å². The first-order valence-corrected chi connectivity index (χ1v) is 7.77. The Morgan fingerprint density at radius 1 is 1.11 bits per heavy atom. The molecule has 2 N–H and O–H groups in total. The molecular formula is C15H29N3O. The molecule has 2 aliphatic heterocycles. The van der Waals surface area contributed by atoms with Crippen LogP contribution in [0.3, 0.4) is 0 Å². The number of rotatable bonds is 3. The van der Waals surface area contributed by atoms with Gasteiger partial charge in [0.05, 0.1) is 0 Å². The number of nitrogens with two attached hydrogens (primary N) is 1. The van der Waals surface area contributed by atoms with E-state index < -0.39 is 0 Å². The van der Waals surface area contributed by atoms with E-state index in [-0.39, 0.29) is 5.92 Å². The monoisotopic (exact) mass is 267 g/mol. The van der Waals surface area contributed by atoms with Crippen molar-refractivity contribution >= 4 is 5.91 Å². The highest BCUT2D eigenvalue weighted by Crippen LogP contribution is 2.23. The number of likely N-dealkylation sites (tertiary alicyclic amines) is 2. The molecular weight excluding hydrogens is 238 g/mol. The molecule has 2 heterocycles. The zero-order valence-corrected chi connectivity index (χ0v) is 12.6. The van der Waals surface area contributed by atoms with Gasteiger partial charge < -0.3 is 10.6 Å². The summed E-state index contributed by atoms with van der Waals surface area (Å²) in [7, 11) is 0. The van der Waals surface area contributed by atoms with Crippen molar-refractivity contribution in [3.63, 3.8) is 0 Å². The summed E-state index contributed by atoms with van der Waals surface area (Å²) in [5, 5.41) is 0. The Bertz CT molecular complexity index is 311. The van der Waals surface area contributed by atoms with Gasteiger partial charge in [0.2, 0.25) is 5.91 Å². The molecule has 0 spiro atoms. The predicted octanol–water partition coefficient (Wildman–Crippen LogP) is 1.30. The Balaban J connectivity index is 1.84. The number of piperidine rings is 1. The van der Waals surface area contributed by atoms with Gasteiger partial charge in [-0.25, -0.2) is 0 Å². The third-order valence-corrected chi connectivity index (χ3v) is 4.96. The first-order chi connectivity index (χ1) is 8.99. The number of hydrogen-bond acceptors (Lipinski definition) is 3. The normalized spacial score (nSPS) is 28.1. The van der Waals surface area contributed by atoms with E-state index in [9.17, 15) is 4.79 Å². The van der Waals surface area contributed by atoms with Crippen molar-refractivity contribution in [1.29, 1.82) is 0 Å². The minimum absolute atomic E-state index is 0.147. The molecule has 0 bridgehead atoms. The molecule has 4 heteroatoms. The smallest absolute Gasteiger partial charge is 0.225 e. The third-order valence-electron chi connectivity index (χ3n) is 4.96. The van der Waals surface area contributed by atoms with Crippen molar-refractivity contribution in [3.8, 4) is 0 Å². The summed E-state index contributed by atoms with van der Waals surface area (Å²) >= 11 is 0. The van der Waals surface area contributed by atoms with Crippen molar-refractivity contribution < 1.29 is 4.79 Å². The van der Waals surface area contributed by atoms with Crippen molar-refractivity contribution in [2.75, 3.05) is 26.2 Å². The van der Waals surface area contributed by atoms with Crippen LogP contribution in [-0.2, 0) is 4.79 Å². The minimum atomic E-state index is 0.147. The lowest BCUT2D eigenvalue weighted by molar-refractivity contribution is -0.135. The largest absolute Gasteiger partial charge is 0.341 e. The molecule has 0 aromatic rings. The SMILES string of the molecule is CC(C)C(C)C(=O)N1CCC(N2CCC(N)CC2)C1. The molecule has 1 amide bonds. The van der Waals surface area contributed by atoms with Gasteiger partial charge in [-0.15, -0.1) is 0 Å². The second kappa shape index (κ2) is 6.23. The van der Waals surface area contributed by atoms with Crippen LogP contribution in [-0.4, -0.2) is 54.0 Å². The average Bonchev–Trinajstić information content (AvgIpc) is 2.87. The number of carbonyl (C=O) groups is 1. The summed E-state index contributed by atoms with van der Waals surface area (Å²) in [6.07, 6.45) is 3.34. The zero-order chi connectivity index (χ0) is 14.0. The van der Waals surface area contributed by atoms with E-state index in [1.807, 2.05) is 0 Å². The number of carbonyl (C=O) groups excluding carboxylic acids is 1. The number of amides is 1. The summed E-state index contributed by atoms with van der Waals surface area (Å²) < 4.78 is 0. The zero-order valence-electron chi connectivity index (χ0n) is 12.6. The van der Waals surface area contributed by atoms with Crippen molar-refractivity contribution in [1.82, 2.24) is 9.80 Å². The van der Waals surface area contributed by atoms with Gasteiger partial charge >= 0.3 is 0 Å². The van der Waals surface area contributed by atoms with Crippen LogP contribution in [0.25, 0.3) is 0 Å². The molecule has 0 saturated carbocycles. The summed E-state index contributed by atoms with van der Waals surface area (Å²) in [6.45, 7) is 10.4. The van der Waals surface area contributed by atoms with Crippen LogP contribution in [0.1, 0.15) is 40.0 Å². The lowest BCUT2D eigenvalue weighted by Crippen LogP contribution is -2.46. The summed E-state index contributed by atoms with van der Waals surface area (Å²) in [4.78, 5) is 17.0. The van der Waals surface area contributed by atoms with Gasteiger partial charge in [0, 0.05) is 31.1 Å². The van der Waals surface area contributed by atoms with E-state index in [4.69, 9.17) is 5.73 Å². The summed E-state index contributed by atoms with van der Waals surface area (Å²) in [5.41, 5.74) is 5.95. The fourth-order valence-electron chi connectivity index (χ4n) is 3.10. The first kappa shape index (κ1) is 14.8. The van der Waals surface area contributed by atoms with Crippen LogP contribution >= 0.6 is 0 Å².